The first kappa shape index (κ1) is 32.8. The highest BCUT2D eigenvalue weighted by Crippen LogP contribution is 2.32. The number of unbranched alkanes of at least 4 members (excludes halogenated alkanes) is 3. The van der Waals surface area contributed by atoms with Crippen molar-refractivity contribution in [2.45, 2.75) is 75.0 Å². The van der Waals surface area contributed by atoms with Crippen molar-refractivity contribution in [1.82, 2.24) is 9.21 Å². The zero-order valence-corrected chi connectivity index (χ0v) is 24.8. The standard InChI is InChI=1S/C29H40ClF3N2O4S/c1-34(16-18-38-2)15-5-3-4-6-17-39-25-11-9-24(10-12-25)35(21-22-19-28(32)29(33)20-27(22)31)40(36,37)26-13-7-23(30)8-14-26/h7-8,13-14,19-20,24-25H,3-6,9-12,15-18,21H2,1-2H3. The van der Waals surface area contributed by atoms with Crippen molar-refractivity contribution in [3.8, 4) is 0 Å². The largest absolute Gasteiger partial charge is 0.383 e. The maximum Gasteiger partial charge on any atom is 0.243 e. The van der Waals surface area contributed by atoms with Crippen LogP contribution in [0.1, 0.15) is 56.9 Å². The fraction of sp³-hybridized carbons (Fsp3) is 0.586. The van der Waals surface area contributed by atoms with Gasteiger partial charge in [-0.2, -0.15) is 4.31 Å². The molecule has 40 heavy (non-hydrogen) atoms. The number of methoxy groups -OCH3 is 1. The van der Waals surface area contributed by atoms with Gasteiger partial charge >= 0.3 is 0 Å². The fourth-order valence-corrected chi connectivity index (χ4v) is 6.74. The molecule has 0 aromatic heterocycles. The Kier molecular flexibility index (Phi) is 13.2. The fourth-order valence-electron chi connectivity index (χ4n) is 4.95. The predicted molar refractivity (Wildman–Crippen MR) is 150 cm³/mol. The minimum absolute atomic E-state index is 0.00292. The summed E-state index contributed by atoms with van der Waals surface area (Å²) in [6.07, 6.45) is 6.66. The van der Waals surface area contributed by atoms with Crippen LogP contribution in [0.25, 0.3) is 0 Å². The number of benzene rings is 2. The van der Waals surface area contributed by atoms with Crippen molar-refractivity contribution < 1.29 is 31.1 Å². The molecule has 1 saturated carbocycles. The molecule has 11 heteroatoms. The SMILES string of the molecule is COCCN(C)CCCCCCOC1CCC(N(Cc2cc(F)c(F)cc2F)S(=O)(=O)c2ccc(Cl)cc2)CC1. The number of sulfonamides is 1. The number of hydrogen-bond acceptors (Lipinski definition) is 5. The van der Waals surface area contributed by atoms with Gasteiger partial charge in [0.15, 0.2) is 11.6 Å². The van der Waals surface area contributed by atoms with E-state index < -0.39 is 40.1 Å². The third-order valence-electron chi connectivity index (χ3n) is 7.35. The van der Waals surface area contributed by atoms with Gasteiger partial charge in [-0.3, -0.25) is 0 Å². The summed E-state index contributed by atoms with van der Waals surface area (Å²) in [5.41, 5.74) is -0.222. The first-order chi connectivity index (χ1) is 19.1. The van der Waals surface area contributed by atoms with E-state index in [1.54, 1.807) is 7.11 Å². The number of nitrogens with zero attached hydrogens (tertiary/aromatic N) is 2. The molecule has 2 aromatic rings. The van der Waals surface area contributed by atoms with Crippen LogP contribution in [0.3, 0.4) is 0 Å². The molecule has 0 amide bonds. The molecule has 1 fully saturated rings. The predicted octanol–water partition coefficient (Wildman–Crippen LogP) is 6.41. The van der Waals surface area contributed by atoms with Gasteiger partial charge in [-0.05, 0) is 82.4 Å². The average molecular weight is 605 g/mol. The molecule has 0 aliphatic heterocycles. The summed E-state index contributed by atoms with van der Waals surface area (Å²) in [4.78, 5) is 2.26. The Hall–Kier alpha value is -1.69. The third-order valence-corrected chi connectivity index (χ3v) is 9.52. The van der Waals surface area contributed by atoms with Gasteiger partial charge < -0.3 is 14.4 Å². The van der Waals surface area contributed by atoms with Gasteiger partial charge in [-0.25, -0.2) is 21.6 Å². The van der Waals surface area contributed by atoms with E-state index in [-0.39, 0.29) is 16.6 Å². The zero-order chi connectivity index (χ0) is 29.1. The molecule has 1 aliphatic carbocycles. The van der Waals surface area contributed by atoms with E-state index in [2.05, 4.69) is 11.9 Å². The number of halogens is 4. The maximum atomic E-state index is 14.5. The van der Waals surface area contributed by atoms with E-state index in [1.807, 2.05) is 0 Å². The Labute approximate surface area is 241 Å². The topological polar surface area (TPSA) is 59.1 Å². The van der Waals surface area contributed by atoms with E-state index in [4.69, 9.17) is 21.1 Å². The first-order valence-electron chi connectivity index (χ1n) is 13.8. The van der Waals surface area contributed by atoms with Crippen LogP contribution < -0.4 is 0 Å². The molecule has 6 nitrogen and oxygen atoms in total. The van der Waals surface area contributed by atoms with Crippen LogP contribution in [0.4, 0.5) is 13.2 Å². The molecular formula is C29H40ClF3N2O4S. The van der Waals surface area contributed by atoms with Gasteiger partial charge in [0.25, 0.3) is 0 Å². The Morgan fingerprint density at radius 3 is 2.20 bits per heavy atom. The van der Waals surface area contributed by atoms with Crippen molar-refractivity contribution in [2.24, 2.45) is 0 Å². The number of ether oxygens (including phenoxy) is 2. The van der Waals surface area contributed by atoms with Gasteiger partial charge in [-0.15, -0.1) is 0 Å². The molecule has 0 heterocycles. The molecule has 0 atom stereocenters. The quantitative estimate of drug-likeness (QED) is 0.164. The molecule has 0 spiro atoms. The zero-order valence-electron chi connectivity index (χ0n) is 23.3. The van der Waals surface area contributed by atoms with E-state index in [9.17, 15) is 21.6 Å². The van der Waals surface area contributed by atoms with Gasteiger partial charge in [0.1, 0.15) is 5.82 Å². The van der Waals surface area contributed by atoms with Crippen molar-refractivity contribution in [1.29, 1.82) is 0 Å². The summed E-state index contributed by atoms with van der Waals surface area (Å²) >= 11 is 5.94. The summed E-state index contributed by atoms with van der Waals surface area (Å²) in [6.45, 7) is 2.94. The van der Waals surface area contributed by atoms with Gasteiger partial charge in [0.05, 0.1) is 17.6 Å². The molecule has 2 aromatic carbocycles. The second kappa shape index (κ2) is 16.1. The normalized spacial score (nSPS) is 18.1. The average Bonchev–Trinajstić information content (AvgIpc) is 2.93. The third kappa shape index (κ3) is 9.70. The maximum absolute atomic E-state index is 14.5. The Bertz CT molecular complexity index is 1160. The lowest BCUT2D eigenvalue weighted by Gasteiger charge is -2.36. The van der Waals surface area contributed by atoms with Crippen LogP contribution in [-0.4, -0.2) is 70.2 Å². The van der Waals surface area contributed by atoms with Crippen LogP contribution in [0.15, 0.2) is 41.3 Å². The van der Waals surface area contributed by atoms with Crippen LogP contribution in [0.2, 0.25) is 5.02 Å². The molecule has 0 N–H and O–H groups in total. The van der Waals surface area contributed by atoms with Crippen LogP contribution in [0.5, 0.6) is 0 Å². The molecule has 0 unspecified atom stereocenters. The minimum atomic E-state index is -4.07. The lowest BCUT2D eigenvalue weighted by molar-refractivity contribution is 0.0135. The van der Waals surface area contributed by atoms with E-state index >= 15 is 0 Å². The highest BCUT2D eigenvalue weighted by atomic mass is 35.5. The number of likely N-dealkylation sites (N-methyl/N-ethyl adjacent to an activating group) is 1. The van der Waals surface area contributed by atoms with E-state index in [1.165, 1.54) is 28.6 Å². The van der Waals surface area contributed by atoms with Crippen molar-refractivity contribution in [2.75, 3.05) is 40.5 Å². The van der Waals surface area contributed by atoms with Crippen molar-refractivity contribution in [3.05, 3.63) is 64.4 Å². The smallest absolute Gasteiger partial charge is 0.243 e. The number of hydrogen-bond donors (Lipinski definition) is 0. The van der Waals surface area contributed by atoms with Crippen LogP contribution in [0, 0.1) is 17.5 Å². The minimum Gasteiger partial charge on any atom is -0.383 e. The van der Waals surface area contributed by atoms with Crippen molar-refractivity contribution >= 4 is 21.6 Å². The first-order valence-corrected chi connectivity index (χ1v) is 15.6. The Morgan fingerprint density at radius 2 is 1.52 bits per heavy atom. The molecular weight excluding hydrogens is 565 g/mol. The lowest BCUT2D eigenvalue weighted by Crippen LogP contribution is -2.43. The molecule has 0 bridgehead atoms. The molecule has 0 radical (unpaired) electrons. The summed E-state index contributed by atoms with van der Waals surface area (Å²) in [5.74, 6) is -3.54. The van der Waals surface area contributed by atoms with E-state index in [0.29, 0.717) is 43.4 Å². The number of rotatable bonds is 16. The Balaban J connectivity index is 1.55. The van der Waals surface area contributed by atoms with Gasteiger partial charge in [0, 0.05) is 49.5 Å². The molecule has 0 saturated heterocycles. The second-order valence-corrected chi connectivity index (χ2v) is 12.7. The highest BCUT2D eigenvalue weighted by Gasteiger charge is 2.35. The van der Waals surface area contributed by atoms with Crippen LogP contribution in [-0.2, 0) is 26.0 Å². The summed E-state index contributed by atoms with van der Waals surface area (Å²) in [5, 5.41) is 0.379. The van der Waals surface area contributed by atoms with Crippen molar-refractivity contribution in [3.63, 3.8) is 0 Å². The van der Waals surface area contributed by atoms with Crippen LogP contribution >= 0.6 is 11.6 Å². The second-order valence-electron chi connectivity index (χ2n) is 10.4. The summed E-state index contributed by atoms with van der Waals surface area (Å²) < 4.78 is 81.6. The van der Waals surface area contributed by atoms with E-state index in [0.717, 1.165) is 51.4 Å². The monoisotopic (exact) mass is 604 g/mol. The van der Waals surface area contributed by atoms with Gasteiger partial charge in [0.2, 0.25) is 10.0 Å². The molecule has 224 valence electrons. The Morgan fingerprint density at radius 1 is 0.875 bits per heavy atom. The molecule has 3 rings (SSSR count). The van der Waals surface area contributed by atoms with Gasteiger partial charge in [-0.1, -0.05) is 24.4 Å². The summed E-state index contributed by atoms with van der Waals surface area (Å²) in [6, 6.07) is 6.44. The summed E-state index contributed by atoms with van der Waals surface area (Å²) in [7, 11) is -0.276. The highest BCUT2D eigenvalue weighted by molar-refractivity contribution is 7.89. The molecule has 1 aliphatic rings. The lowest BCUT2D eigenvalue weighted by atomic mass is 9.92.